The molecule has 4 rings (SSSR count). The lowest BCUT2D eigenvalue weighted by Gasteiger charge is -2.30. The molecule has 1 saturated heterocycles. The number of aliphatic hydroxyl groups excluding tert-OH is 1. The highest BCUT2D eigenvalue weighted by atomic mass is 35.5. The van der Waals surface area contributed by atoms with E-state index in [0.717, 1.165) is 17.7 Å². The zero-order chi connectivity index (χ0) is 23.7. The number of carboxylic acid groups (broad SMARTS) is 1. The molecular weight excluding hydrogens is 495 g/mol. The van der Waals surface area contributed by atoms with Crippen LogP contribution in [-0.2, 0) is 16.0 Å². The van der Waals surface area contributed by atoms with Gasteiger partial charge in [-0.25, -0.2) is 9.59 Å². The van der Waals surface area contributed by atoms with Crippen molar-refractivity contribution in [3.8, 4) is 5.75 Å². The van der Waals surface area contributed by atoms with Crippen LogP contribution in [0.2, 0.25) is 15.1 Å². The van der Waals surface area contributed by atoms with E-state index in [1.54, 1.807) is 18.2 Å². The van der Waals surface area contributed by atoms with Gasteiger partial charge in [-0.1, -0.05) is 34.8 Å². The van der Waals surface area contributed by atoms with Crippen LogP contribution in [0.1, 0.15) is 23.7 Å². The van der Waals surface area contributed by atoms with Gasteiger partial charge in [-0.05, 0) is 48.7 Å². The fourth-order valence-electron chi connectivity index (χ4n) is 4.24. The van der Waals surface area contributed by atoms with Gasteiger partial charge >= 0.3 is 12.1 Å². The van der Waals surface area contributed by atoms with Gasteiger partial charge in [0, 0.05) is 34.4 Å². The number of aliphatic hydroxyl groups is 1. The number of carboxylic acids is 1. The summed E-state index contributed by atoms with van der Waals surface area (Å²) >= 11 is 19.2. The molecule has 33 heavy (non-hydrogen) atoms. The van der Waals surface area contributed by atoms with Crippen molar-refractivity contribution in [2.45, 2.75) is 31.1 Å². The molecule has 1 aliphatic heterocycles. The van der Waals surface area contributed by atoms with Gasteiger partial charge in [-0.3, -0.25) is 10.2 Å². The van der Waals surface area contributed by atoms with E-state index >= 15 is 0 Å². The quantitative estimate of drug-likeness (QED) is 0.523. The fourth-order valence-corrected chi connectivity index (χ4v) is 5.05. The number of hydrogen-bond acceptors (Lipinski definition) is 6. The molecule has 0 radical (unpaired) electrons. The molecule has 1 heterocycles. The number of ether oxygens (including phenoxy) is 2. The maximum atomic E-state index is 11.7. The van der Waals surface area contributed by atoms with Crippen molar-refractivity contribution < 1.29 is 29.3 Å². The Bertz CT molecular complexity index is 1080. The predicted molar refractivity (Wildman–Crippen MR) is 124 cm³/mol. The first-order chi connectivity index (χ1) is 15.7. The van der Waals surface area contributed by atoms with Gasteiger partial charge in [0.15, 0.2) is 6.61 Å². The van der Waals surface area contributed by atoms with Crippen LogP contribution in [0, 0.1) is 0 Å². The topological polar surface area (TPSA) is 108 Å². The summed E-state index contributed by atoms with van der Waals surface area (Å²) in [5.74, 6) is -0.871. The van der Waals surface area contributed by atoms with Crippen LogP contribution in [0.5, 0.6) is 5.75 Å². The average molecular weight is 516 g/mol. The molecule has 0 bridgehead atoms. The molecule has 176 valence electrons. The van der Waals surface area contributed by atoms with E-state index in [1.165, 1.54) is 6.07 Å². The molecule has 0 aromatic heterocycles. The van der Waals surface area contributed by atoms with Crippen molar-refractivity contribution in [2.24, 2.45) is 0 Å². The van der Waals surface area contributed by atoms with E-state index < -0.39 is 24.8 Å². The Morgan fingerprint density at radius 1 is 1.15 bits per heavy atom. The summed E-state index contributed by atoms with van der Waals surface area (Å²) < 4.78 is 10.9. The molecule has 0 saturated carbocycles. The molecule has 0 unspecified atom stereocenters. The third-order valence-electron chi connectivity index (χ3n) is 5.69. The lowest BCUT2D eigenvalue weighted by molar-refractivity contribution is -0.140. The Morgan fingerprint density at radius 2 is 1.94 bits per heavy atom. The van der Waals surface area contributed by atoms with Gasteiger partial charge in [-0.15, -0.1) is 0 Å². The number of rotatable bonds is 6. The number of hydrogen-bond donors (Lipinski definition) is 3. The minimum atomic E-state index is -1.26. The summed E-state index contributed by atoms with van der Waals surface area (Å²) in [7, 11) is 0. The molecular formula is C22H21Cl3N2O6. The largest absolute Gasteiger partial charge is 0.482 e. The van der Waals surface area contributed by atoms with Crippen molar-refractivity contribution in [2.75, 3.05) is 25.0 Å². The number of carbonyl (C=O) groups is 2. The van der Waals surface area contributed by atoms with Gasteiger partial charge in [0.2, 0.25) is 0 Å². The minimum absolute atomic E-state index is 0.0621. The first kappa shape index (κ1) is 23.9. The van der Waals surface area contributed by atoms with E-state index in [-0.39, 0.29) is 17.2 Å². The smallest absolute Gasteiger partial charge is 0.412 e. The molecule has 3 atom stereocenters. The second kappa shape index (κ2) is 9.95. The number of aliphatic carboxylic acids is 1. The summed E-state index contributed by atoms with van der Waals surface area (Å²) in [6.45, 7) is 0.526. The second-order valence-electron chi connectivity index (χ2n) is 7.94. The van der Waals surface area contributed by atoms with Crippen LogP contribution in [0.3, 0.4) is 0 Å². The highest BCUT2D eigenvalue weighted by molar-refractivity contribution is 6.35. The van der Waals surface area contributed by atoms with Crippen LogP contribution in [-0.4, -0.2) is 59.0 Å². The van der Waals surface area contributed by atoms with Crippen LogP contribution >= 0.6 is 34.8 Å². The zero-order valence-corrected chi connectivity index (χ0v) is 19.5. The average Bonchev–Trinajstić information content (AvgIpc) is 3.32. The first-order valence-corrected chi connectivity index (χ1v) is 11.4. The maximum Gasteiger partial charge on any atom is 0.412 e. The molecule has 2 aromatic carbocycles. The van der Waals surface area contributed by atoms with Crippen molar-refractivity contribution in [3.63, 3.8) is 0 Å². The molecule has 2 aromatic rings. The summed E-state index contributed by atoms with van der Waals surface area (Å²) in [6, 6.07) is 8.13. The van der Waals surface area contributed by atoms with Crippen LogP contribution in [0.4, 0.5) is 10.5 Å². The number of halogens is 3. The van der Waals surface area contributed by atoms with Crippen molar-refractivity contribution in [1.29, 1.82) is 0 Å². The highest BCUT2D eigenvalue weighted by Crippen LogP contribution is 2.44. The van der Waals surface area contributed by atoms with E-state index in [1.807, 2.05) is 6.07 Å². The summed E-state index contributed by atoms with van der Waals surface area (Å²) in [4.78, 5) is 24.4. The molecule has 1 aliphatic carbocycles. The molecule has 3 N–H and O–H groups in total. The number of benzene rings is 2. The summed E-state index contributed by atoms with van der Waals surface area (Å²) in [5, 5.41) is 22.3. The normalized spacial score (nSPS) is 22.1. The summed E-state index contributed by atoms with van der Waals surface area (Å²) in [6.07, 6.45) is -0.381. The first-order valence-electron chi connectivity index (χ1n) is 10.2. The van der Waals surface area contributed by atoms with E-state index in [4.69, 9.17) is 44.6 Å². The molecule has 8 nitrogen and oxygen atoms in total. The number of fused-ring (bicyclic) bond motifs is 1. The van der Waals surface area contributed by atoms with Crippen LogP contribution in [0.25, 0.3) is 0 Å². The lowest BCUT2D eigenvalue weighted by Crippen LogP contribution is -2.39. The Morgan fingerprint density at radius 3 is 2.61 bits per heavy atom. The number of β-amino-alcohol motifs (C(OH)–C–C–N with tert-alkyl or cyclic N) is 1. The van der Waals surface area contributed by atoms with Crippen molar-refractivity contribution >= 4 is 52.6 Å². The number of amides is 1. The van der Waals surface area contributed by atoms with Gasteiger partial charge < -0.3 is 19.7 Å². The lowest BCUT2D eigenvalue weighted by atomic mass is 10.1. The standard InChI is InChI=1S/C22H21Cl3N2O6/c23-11-5-15-14(16(24)6-11)8-18(27-4-3-13(28)9-27)21(15)33-19-2-1-12(7-17(19)25)26-22(31)32-10-20(29)30/h1-2,5-7,13,18,21,28H,3-4,8-10H2,(H,26,31)(H,29,30)/t13-,18+,21+/m1/s1. The third-order valence-corrected chi connectivity index (χ3v) is 6.54. The van der Waals surface area contributed by atoms with E-state index in [9.17, 15) is 14.7 Å². The zero-order valence-electron chi connectivity index (χ0n) is 17.3. The number of nitrogens with one attached hydrogen (secondary N) is 1. The maximum absolute atomic E-state index is 11.7. The second-order valence-corrected chi connectivity index (χ2v) is 9.19. The minimum Gasteiger partial charge on any atom is -0.482 e. The Labute approximate surface area is 204 Å². The Balaban J connectivity index is 1.55. The monoisotopic (exact) mass is 514 g/mol. The van der Waals surface area contributed by atoms with Gasteiger partial charge in [0.05, 0.1) is 17.2 Å². The Kier molecular flexibility index (Phi) is 7.21. The number of likely N-dealkylation sites (tertiary alicyclic amines) is 1. The Hall–Kier alpha value is -2.23. The molecule has 0 spiro atoms. The summed E-state index contributed by atoms with van der Waals surface area (Å²) in [5.41, 5.74) is 2.14. The molecule has 1 fully saturated rings. The molecule has 11 heteroatoms. The fraction of sp³-hybridized carbons (Fsp3) is 0.364. The van der Waals surface area contributed by atoms with Gasteiger partial charge in [0.25, 0.3) is 0 Å². The highest BCUT2D eigenvalue weighted by Gasteiger charge is 2.41. The SMILES string of the molecule is O=C(O)COC(=O)Nc1ccc(O[C@H]2c3cc(Cl)cc(Cl)c3C[C@@H]2N2CC[C@@H](O)C2)c(Cl)c1. The number of nitrogens with zero attached hydrogens (tertiary/aromatic N) is 1. The van der Waals surface area contributed by atoms with E-state index in [2.05, 4.69) is 15.0 Å². The molecule has 1 amide bonds. The van der Waals surface area contributed by atoms with Gasteiger partial charge in [-0.2, -0.15) is 0 Å². The van der Waals surface area contributed by atoms with Crippen molar-refractivity contribution in [3.05, 3.63) is 56.5 Å². The van der Waals surface area contributed by atoms with Crippen molar-refractivity contribution in [1.82, 2.24) is 4.90 Å². The third kappa shape index (κ3) is 5.47. The van der Waals surface area contributed by atoms with E-state index in [0.29, 0.717) is 40.9 Å². The number of carbonyl (C=O) groups excluding carboxylic acids is 1. The predicted octanol–water partition coefficient (Wildman–Crippen LogP) is 4.39. The van der Waals surface area contributed by atoms with Gasteiger partial charge in [0.1, 0.15) is 11.9 Å². The van der Waals surface area contributed by atoms with Crippen LogP contribution in [0.15, 0.2) is 30.3 Å². The number of anilines is 1. The molecule has 2 aliphatic rings. The van der Waals surface area contributed by atoms with Crippen LogP contribution < -0.4 is 10.1 Å².